The van der Waals surface area contributed by atoms with Crippen LogP contribution in [0.4, 0.5) is 0 Å². The summed E-state index contributed by atoms with van der Waals surface area (Å²) in [5.74, 6) is 1.57. The largest absolute Gasteiger partial charge is 2.00 e. The Labute approximate surface area is 252 Å². The summed E-state index contributed by atoms with van der Waals surface area (Å²) in [6, 6.07) is 4.29. The zero-order valence-electron chi connectivity index (χ0n) is 25.1. The molecule has 0 unspecified atom stereocenters. The summed E-state index contributed by atoms with van der Waals surface area (Å²) in [4.78, 5) is 30.6. The molecule has 0 N–H and O–H groups in total. The molecule has 212 valence electrons. The molecule has 0 aliphatic carbocycles. The molecule has 7 heteroatoms. The molecule has 0 amide bonds. The van der Waals surface area contributed by atoms with Gasteiger partial charge in [-0.15, -0.1) is 0 Å². The summed E-state index contributed by atoms with van der Waals surface area (Å²) in [6.07, 6.45) is 6.16. The number of nitrogens with zero attached hydrogens (tertiary/aromatic N) is 6. The van der Waals surface area contributed by atoms with Crippen molar-refractivity contribution in [3.8, 4) is 0 Å². The van der Waals surface area contributed by atoms with Gasteiger partial charge in [0.05, 0.1) is 23.0 Å². The van der Waals surface area contributed by atoms with E-state index in [0.29, 0.717) is 0 Å². The number of aromatic nitrogens is 6. The van der Waals surface area contributed by atoms with Crippen molar-refractivity contribution in [1.82, 2.24) is 29.9 Å². The molecule has 3 aromatic rings. The van der Waals surface area contributed by atoms with Crippen LogP contribution in [0.2, 0.25) is 0 Å². The van der Waals surface area contributed by atoms with Crippen LogP contribution in [-0.2, 0) is 40.3 Å². The van der Waals surface area contributed by atoms with E-state index in [-0.39, 0.29) is 21.1 Å². The summed E-state index contributed by atoms with van der Waals surface area (Å²) in [7, 11) is 0. The first-order valence-electron chi connectivity index (χ1n) is 14.8. The maximum Gasteiger partial charge on any atom is 2.00 e. The molecule has 0 saturated carbocycles. The molecule has 2 aliphatic rings. The average molecular weight is 716 g/mol. The fraction of sp³-hybridized carbons (Fsp3) is 0.455. The zero-order valence-corrected chi connectivity index (χ0v) is 27.4. The van der Waals surface area contributed by atoms with E-state index in [4.69, 9.17) is 29.9 Å². The minimum atomic E-state index is 0. The standard InChI is InChI=1S/C33H40N6.Pt/c1-9-19-18(8)26-16-27-20(10-2)23(13-5)32(35-27)39-33-25(15-7)22(12-4)29(37-33)17-28-21(11-3)24(14-6)31(36-28)38-30(19)34-26;/h16-17H,9-15H2,1-8H3;/q-2;+2. The third-order valence-electron chi connectivity index (χ3n) is 8.29. The van der Waals surface area contributed by atoms with E-state index in [1.807, 2.05) is 0 Å². The molecule has 5 rings (SSSR count). The van der Waals surface area contributed by atoms with Crippen molar-refractivity contribution in [3.63, 3.8) is 0 Å². The molecule has 5 heterocycles. The fourth-order valence-electron chi connectivity index (χ4n) is 6.25. The van der Waals surface area contributed by atoms with Gasteiger partial charge in [0.25, 0.3) is 0 Å². The first-order valence-corrected chi connectivity index (χ1v) is 14.8. The Kier molecular flexibility index (Phi) is 9.29. The number of rotatable bonds is 7. The van der Waals surface area contributed by atoms with E-state index in [9.17, 15) is 0 Å². The van der Waals surface area contributed by atoms with Crippen molar-refractivity contribution >= 4 is 44.6 Å². The van der Waals surface area contributed by atoms with Crippen molar-refractivity contribution in [3.05, 3.63) is 57.4 Å². The Morgan fingerprint density at radius 3 is 1.38 bits per heavy atom. The monoisotopic (exact) mass is 715 g/mol. The molecule has 0 radical (unpaired) electrons. The van der Waals surface area contributed by atoms with E-state index >= 15 is 0 Å². The second-order valence-electron chi connectivity index (χ2n) is 10.2. The topological polar surface area (TPSA) is 79.8 Å². The number of hydrogen-bond acceptors (Lipinski definition) is 4. The smallest absolute Gasteiger partial charge is 0.436 e. The fourth-order valence-corrected chi connectivity index (χ4v) is 6.25. The normalized spacial score (nSPS) is 13.3. The van der Waals surface area contributed by atoms with Gasteiger partial charge in [-0.1, -0.05) is 59.8 Å². The quantitative estimate of drug-likeness (QED) is 0.248. The van der Waals surface area contributed by atoms with Crippen LogP contribution in [-0.4, -0.2) is 19.9 Å². The van der Waals surface area contributed by atoms with Gasteiger partial charge in [0.15, 0.2) is 0 Å². The van der Waals surface area contributed by atoms with Crippen LogP contribution < -0.4 is 9.97 Å². The Hall–Kier alpha value is -2.85. The van der Waals surface area contributed by atoms with Gasteiger partial charge >= 0.3 is 21.1 Å². The number of allylic oxidation sites excluding steroid dienone is 4. The van der Waals surface area contributed by atoms with Crippen LogP contribution in [0.25, 0.3) is 44.6 Å². The molecule has 8 bridgehead atoms. The number of aryl methyl sites for hydroxylation is 4. The van der Waals surface area contributed by atoms with E-state index in [2.05, 4.69) is 67.5 Å². The molecular formula is C33H40N6Pt. The minimum Gasteiger partial charge on any atom is -0.436 e. The summed E-state index contributed by atoms with van der Waals surface area (Å²) < 4.78 is 0. The second-order valence-corrected chi connectivity index (χ2v) is 10.2. The molecule has 0 spiro atoms. The minimum absolute atomic E-state index is 0. The van der Waals surface area contributed by atoms with Gasteiger partial charge in [0.2, 0.25) is 0 Å². The Balaban J connectivity index is 0.00000370. The molecule has 6 nitrogen and oxygen atoms in total. The SMILES string of the molecule is CCC1=C(CC)c2nc1cc1[n-]c(nc3nc(cc4[n-]c(n2)c(CC)c4C)C(CC)=C3CC)c(CC)c1CC.[Pt+2]. The molecule has 0 atom stereocenters. The van der Waals surface area contributed by atoms with E-state index in [1.165, 1.54) is 39.0 Å². The summed E-state index contributed by atoms with van der Waals surface area (Å²) in [5.41, 5.74) is 15.1. The van der Waals surface area contributed by atoms with Crippen molar-refractivity contribution in [2.75, 3.05) is 0 Å². The number of hydrogen-bond donors (Lipinski definition) is 0. The summed E-state index contributed by atoms with van der Waals surface area (Å²) in [5, 5.41) is 0. The first-order chi connectivity index (χ1) is 18.9. The first kappa shape index (κ1) is 30.1. The average Bonchev–Trinajstić information content (AvgIpc) is 3.64. The molecule has 40 heavy (non-hydrogen) atoms. The molecule has 0 saturated heterocycles. The Morgan fingerprint density at radius 1 is 0.500 bits per heavy atom. The van der Waals surface area contributed by atoms with Crippen LogP contribution >= 0.6 is 0 Å². The van der Waals surface area contributed by atoms with Gasteiger partial charge in [0.1, 0.15) is 0 Å². The van der Waals surface area contributed by atoms with Crippen molar-refractivity contribution in [1.29, 1.82) is 0 Å². The Morgan fingerprint density at radius 2 is 0.925 bits per heavy atom. The number of fused-ring (bicyclic) bond motifs is 8. The van der Waals surface area contributed by atoms with Gasteiger partial charge in [-0.05, 0) is 120 Å². The predicted octanol–water partition coefficient (Wildman–Crippen LogP) is 7.82. The maximum absolute atomic E-state index is 5.14. The second kappa shape index (κ2) is 12.3. The third kappa shape index (κ3) is 4.93. The molecule has 0 fully saturated rings. The molecule has 0 aromatic carbocycles. The summed E-state index contributed by atoms with van der Waals surface area (Å²) >= 11 is 0. The van der Waals surface area contributed by atoms with Gasteiger partial charge < -0.3 is 19.9 Å². The Bertz CT molecular complexity index is 1670. The predicted molar refractivity (Wildman–Crippen MR) is 162 cm³/mol. The van der Waals surface area contributed by atoms with E-state index in [0.717, 1.165) is 95.9 Å². The van der Waals surface area contributed by atoms with E-state index in [1.54, 1.807) is 0 Å². The van der Waals surface area contributed by atoms with Gasteiger partial charge in [-0.25, -0.2) is 0 Å². The van der Waals surface area contributed by atoms with Crippen LogP contribution in [0.3, 0.4) is 0 Å². The van der Waals surface area contributed by atoms with Crippen molar-refractivity contribution in [2.24, 2.45) is 0 Å². The van der Waals surface area contributed by atoms with Gasteiger partial charge in [0, 0.05) is 0 Å². The molecular weight excluding hydrogens is 675 g/mol. The zero-order chi connectivity index (χ0) is 27.8. The van der Waals surface area contributed by atoms with Crippen molar-refractivity contribution in [2.45, 2.75) is 100 Å². The molecule has 2 aliphatic heterocycles. The van der Waals surface area contributed by atoms with Crippen LogP contribution in [0, 0.1) is 6.92 Å². The van der Waals surface area contributed by atoms with Crippen LogP contribution in [0.5, 0.6) is 0 Å². The molecule has 3 aromatic heterocycles. The van der Waals surface area contributed by atoms with Crippen LogP contribution in [0.15, 0.2) is 12.1 Å². The van der Waals surface area contributed by atoms with Gasteiger partial charge in [-0.3, -0.25) is 9.97 Å². The summed E-state index contributed by atoms with van der Waals surface area (Å²) in [6.45, 7) is 17.5. The van der Waals surface area contributed by atoms with Crippen molar-refractivity contribution < 1.29 is 21.1 Å². The van der Waals surface area contributed by atoms with Gasteiger partial charge in [-0.2, -0.15) is 0 Å². The third-order valence-corrected chi connectivity index (χ3v) is 8.29. The van der Waals surface area contributed by atoms with E-state index < -0.39 is 0 Å². The maximum atomic E-state index is 5.14. The van der Waals surface area contributed by atoms with Crippen LogP contribution in [0.1, 0.15) is 119 Å².